The number of nitro groups is 1. The third-order valence-corrected chi connectivity index (χ3v) is 4.68. The average Bonchev–Trinajstić information content (AvgIpc) is 2.94. The van der Waals surface area contributed by atoms with Gasteiger partial charge in [-0.1, -0.05) is 6.42 Å². The lowest BCUT2D eigenvalue weighted by Gasteiger charge is -2.38. The lowest BCUT2D eigenvalue weighted by atomic mass is 9.80. The van der Waals surface area contributed by atoms with Gasteiger partial charge in [0.1, 0.15) is 5.75 Å². The summed E-state index contributed by atoms with van der Waals surface area (Å²) < 4.78 is 45.9. The summed E-state index contributed by atoms with van der Waals surface area (Å²) in [5.41, 5.74) is -3.43. The normalized spacial score (nSPS) is 25.0. The van der Waals surface area contributed by atoms with E-state index in [1.807, 2.05) is 0 Å². The number of ether oxygens (including phenoxy) is 1. The third-order valence-electron chi connectivity index (χ3n) is 4.68. The molecule has 1 fully saturated rings. The molecular formula is C16H16F3N3O5. The van der Waals surface area contributed by atoms with Crippen molar-refractivity contribution < 1.29 is 32.7 Å². The van der Waals surface area contributed by atoms with Crippen LogP contribution in [0.5, 0.6) is 5.75 Å². The highest BCUT2D eigenvalue weighted by Crippen LogP contribution is 2.48. The van der Waals surface area contributed by atoms with Gasteiger partial charge in [-0.05, 0) is 31.4 Å². The van der Waals surface area contributed by atoms with Gasteiger partial charge in [0, 0.05) is 17.8 Å². The highest BCUT2D eigenvalue weighted by Gasteiger charge is 2.68. The Morgan fingerprint density at radius 1 is 1.37 bits per heavy atom. The number of amides is 1. The smallest absolute Gasteiger partial charge is 0.439 e. The Labute approximate surface area is 151 Å². The molecule has 0 saturated heterocycles. The van der Waals surface area contributed by atoms with Crippen molar-refractivity contribution in [2.45, 2.75) is 37.6 Å². The van der Waals surface area contributed by atoms with E-state index in [2.05, 4.69) is 5.10 Å². The van der Waals surface area contributed by atoms with Gasteiger partial charge in [0.15, 0.2) is 6.61 Å². The molecule has 1 amide bonds. The monoisotopic (exact) mass is 387 g/mol. The fourth-order valence-electron chi connectivity index (χ4n) is 3.33. The van der Waals surface area contributed by atoms with Crippen LogP contribution in [0.4, 0.5) is 18.9 Å². The van der Waals surface area contributed by atoms with Crippen LogP contribution in [0.1, 0.15) is 25.7 Å². The Morgan fingerprint density at radius 3 is 2.63 bits per heavy atom. The van der Waals surface area contributed by atoms with Crippen molar-refractivity contribution in [3.8, 4) is 5.75 Å². The molecule has 0 radical (unpaired) electrons. The van der Waals surface area contributed by atoms with Crippen molar-refractivity contribution in [1.29, 1.82) is 0 Å². The number of hydrogen-bond donors (Lipinski definition) is 1. The fraction of sp³-hybridized carbons (Fsp3) is 0.500. The first kappa shape index (κ1) is 19.1. The van der Waals surface area contributed by atoms with Crippen molar-refractivity contribution in [2.24, 2.45) is 11.0 Å². The van der Waals surface area contributed by atoms with E-state index in [-0.39, 0.29) is 35.0 Å². The van der Waals surface area contributed by atoms with E-state index in [0.29, 0.717) is 12.8 Å². The van der Waals surface area contributed by atoms with Crippen LogP contribution in [0.2, 0.25) is 0 Å². The number of hydrazone groups is 1. The lowest BCUT2D eigenvalue weighted by Crippen LogP contribution is -2.62. The van der Waals surface area contributed by atoms with Crippen molar-refractivity contribution in [2.75, 3.05) is 6.61 Å². The second-order valence-corrected chi connectivity index (χ2v) is 6.36. The molecule has 1 aliphatic heterocycles. The quantitative estimate of drug-likeness (QED) is 0.632. The zero-order valence-electron chi connectivity index (χ0n) is 14.0. The number of halogens is 3. The summed E-state index contributed by atoms with van der Waals surface area (Å²) in [5.74, 6) is -2.38. The molecule has 0 aromatic heterocycles. The molecule has 8 nitrogen and oxygen atoms in total. The first-order valence-electron chi connectivity index (χ1n) is 8.21. The highest BCUT2D eigenvalue weighted by molar-refractivity contribution is 5.93. The van der Waals surface area contributed by atoms with Gasteiger partial charge < -0.3 is 9.84 Å². The molecule has 11 heteroatoms. The van der Waals surface area contributed by atoms with Gasteiger partial charge in [-0.2, -0.15) is 23.3 Å². The van der Waals surface area contributed by atoms with Crippen LogP contribution in [0.25, 0.3) is 0 Å². The SMILES string of the molecule is O=C(COc1ccc([N+](=O)[O-])cc1)N1N=C2CCCC[C@@H]2[C@]1(O)C(F)(F)F. The molecule has 1 aromatic rings. The van der Waals surface area contributed by atoms with Crippen LogP contribution in [0.3, 0.4) is 0 Å². The number of nitro benzene ring substituents is 1. The summed E-state index contributed by atoms with van der Waals surface area (Å²) in [5, 5.41) is 24.8. The molecule has 0 bridgehead atoms. The first-order chi connectivity index (χ1) is 12.6. The van der Waals surface area contributed by atoms with Gasteiger partial charge in [0.05, 0.1) is 10.8 Å². The minimum atomic E-state index is -5.08. The molecule has 2 atom stereocenters. The minimum absolute atomic E-state index is 0.0637. The summed E-state index contributed by atoms with van der Waals surface area (Å²) in [6.07, 6.45) is -3.56. The molecule has 0 spiro atoms. The standard InChI is InChI=1S/C16H16F3N3O5/c17-16(18,19)15(24)12-3-1-2-4-13(12)20-21(15)14(23)9-27-11-7-5-10(6-8-11)22(25)26/h5-8,12,24H,1-4,9H2/t12-,15-/m0/s1. The van der Waals surface area contributed by atoms with Crippen LogP contribution in [0, 0.1) is 16.0 Å². The van der Waals surface area contributed by atoms with E-state index in [4.69, 9.17) is 4.74 Å². The second-order valence-electron chi connectivity index (χ2n) is 6.36. The van der Waals surface area contributed by atoms with E-state index in [0.717, 1.165) is 12.1 Å². The van der Waals surface area contributed by atoms with Crippen LogP contribution in [0.15, 0.2) is 29.4 Å². The summed E-state index contributed by atoms with van der Waals surface area (Å²) in [6, 6.07) is 4.71. The fourth-order valence-corrected chi connectivity index (χ4v) is 3.33. The largest absolute Gasteiger partial charge is 0.484 e. The number of aliphatic hydroxyl groups is 1. The Balaban J connectivity index is 1.76. The van der Waals surface area contributed by atoms with Crippen molar-refractivity contribution >= 4 is 17.3 Å². The predicted molar refractivity (Wildman–Crippen MR) is 85.8 cm³/mol. The van der Waals surface area contributed by atoms with Crippen molar-refractivity contribution in [3.63, 3.8) is 0 Å². The predicted octanol–water partition coefficient (Wildman–Crippen LogP) is 2.61. The van der Waals surface area contributed by atoms with E-state index in [1.54, 1.807) is 0 Å². The number of carbonyl (C=O) groups excluding carboxylic acids is 1. The zero-order valence-corrected chi connectivity index (χ0v) is 14.0. The number of hydrogen-bond acceptors (Lipinski definition) is 6. The maximum absolute atomic E-state index is 13.6. The molecule has 146 valence electrons. The number of nitrogens with zero attached hydrogens (tertiary/aromatic N) is 3. The molecular weight excluding hydrogens is 371 g/mol. The average molecular weight is 387 g/mol. The van der Waals surface area contributed by atoms with Crippen LogP contribution < -0.4 is 4.74 Å². The first-order valence-corrected chi connectivity index (χ1v) is 8.21. The van der Waals surface area contributed by atoms with Crippen molar-refractivity contribution in [3.05, 3.63) is 34.4 Å². The maximum atomic E-state index is 13.6. The molecule has 3 rings (SSSR count). The molecule has 1 N–H and O–H groups in total. The molecule has 2 aliphatic rings. The van der Waals surface area contributed by atoms with Gasteiger partial charge >= 0.3 is 6.18 Å². The van der Waals surface area contributed by atoms with E-state index >= 15 is 0 Å². The van der Waals surface area contributed by atoms with E-state index < -0.39 is 35.3 Å². The van der Waals surface area contributed by atoms with Crippen LogP contribution in [-0.2, 0) is 4.79 Å². The second kappa shape index (κ2) is 6.80. The number of rotatable bonds is 4. The number of non-ortho nitro benzene ring substituents is 1. The van der Waals surface area contributed by atoms with Crippen LogP contribution >= 0.6 is 0 Å². The van der Waals surface area contributed by atoms with Gasteiger partial charge in [0.2, 0.25) is 0 Å². The zero-order chi connectivity index (χ0) is 19.8. The van der Waals surface area contributed by atoms with Crippen LogP contribution in [-0.4, -0.2) is 45.2 Å². The number of alkyl halides is 3. The maximum Gasteiger partial charge on any atom is 0.439 e. The Hall–Kier alpha value is -2.69. The molecule has 1 aliphatic carbocycles. The highest BCUT2D eigenvalue weighted by atomic mass is 19.4. The molecule has 1 aromatic carbocycles. The number of fused-ring (bicyclic) bond motifs is 1. The third kappa shape index (κ3) is 3.34. The van der Waals surface area contributed by atoms with Gasteiger partial charge in [-0.3, -0.25) is 14.9 Å². The summed E-state index contributed by atoms with van der Waals surface area (Å²) in [6.45, 7) is -0.806. The van der Waals surface area contributed by atoms with E-state index in [1.165, 1.54) is 12.1 Å². The Bertz CT molecular complexity index is 781. The van der Waals surface area contributed by atoms with E-state index in [9.17, 15) is 33.2 Å². The number of benzene rings is 1. The number of carbonyl (C=O) groups is 1. The summed E-state index contributed by atoms with van der Waals surface area (Å²) >= 11 is 0. The Kier molecular flexibility index (Phi) is 4.81. The molecule has 0 unspecified atom stereocenters. The topological polar surface area (TPSA) is 105 Å². The minimum Gasteiger partial charge on any atom is -0.484 e. The lowest BCUT2D eigenvalue weighted by molar-refractivity contribution is -0.384. The summed E-state index contributed by atoms with van der Waals surface area (Å²) in [4.78, 5) is 22.3. The van der Waals surface area contributed by atoms with Crippen molar-refractivity contribution in [1.82, 2.24) is 5.01 Å². The van der Waals surface area contributed by atoms with Gasteiger partial charge in [-0.25, -0.2) is 0 Å². The molecule has 1 heterocycles. The Morgan fingerprint density at radius 2 is 2.04 bits per heavy atom. The van der Waals surface area contributed by atoms with Gasteiger partial charge in [0.25, 0.3) is 17.3 Å². The molecule has 1 saturated carbocycles. The molecule has 27 heavy (non-hydrogen) atoms. The summed E-state index contributed by atoms with van der Waals surface area (Å²) in [7, 11) is 0. The van der Waals surface area contributed by atoms with Gasteiger partial charge in [-0.15, -0.1) is 0 Å².